The van der Waals surface area contributed by atoms with Crippen LogP contribution in [0.5, 0.6) is 0 Å². The van der Waals surface area contributed by atoms with E-state index < -0.39 is 0 Å². The van der Waals surface area contributed by atoms with Gasteiger partial charge in [-0.05, 0) is 12.5 Å². The lowest BCUT2D eigenvalue weighted by Gasteiger charge is -2.08. The summed E-state index contributed by atoms with van der Waals surface area (Å²) >= 11 is 0. The Balaban J connectivity index is 2.60. The zero-order valence-electron chi connectivity index (χ0n) is 7.51. The molecule has 1 atom stereocenters. The van der Waals surface area contributed by atoms with Gasteiger partial charge in [0.2, 0.25) is 0 Å². The molecular weight excluding hydrogens is 164 g/mol. The summed E-state index contributed by atoms with van der Waals surface area (Å²) in [5, 5.41) is 4.05. The normalized spacial score (nSPS) is 13.4. The molecule has 0 radical (unpaired) electrons. The number of aromatic nitrogens is 3. The fourth-order valence-electron chi connectivity index (χ4n) is 1.38. The fraction of sp³-hybridized carbons (Fsp3) is 0.333. The number of nitrogens with two attached hydrogens (primary N) is 1. The van der Waals surface area contributed by atoms with Crippen LogP contribution in [-0.4, -0.2) is 14.6 Å². The number of nitrogens with zero attached hydrogens (tertiary/aromatic N) is 3. The Labute approximate surface area is 76.4 Å². The molecule has 0 spiro atoms. The number of hydrogen-bond acceptors (Lipinski definition) is 3. The smallest absolute Gasteiger partial charge is 0.159 e. The van der Waals surface area contributed by atoms with Crippen LogP contribution in [0.15, 0.2) is 24.7 Å². The van der Waals surface area contributed by atoms with Crippen molar-refractivity contribution in [2.24, 2.45) is 5.73 Å². The largest absolute Gasteiger partial charge is 0.324 e. The standard InChI is InChI=1S/C9H12N4/c1-2-8(10)7-4-3-5-13-9(7)11-6-12-13/h3-6,8H,2,10H2,1H3. The first-order valence-corrected chi connectivity index (χ1v) is 4.36. The van der Waals surface area contributed by atoms with Crippen molar-refractivity contribution < 1.29 is 0 Å². The Morgan fingerprint density at radius 2 is 2.46 bits per heavy atom. The van der Waals surface area contributed by atoms with Gasteiger partial charge in [0.1, 0.15) is 6.33 Å². The SMILES string of the molecule is CCC(N)c1cccn2ncnc12. The van der Waals surface area contributed by atoms with Gasteiger partial charge < -0.3 is 5.73 Å². The maximum absolute atomic E-state index is 5.94. The topological polar surface area (TPSA) is 56.2 Å². The number of pyridine rings is 1. The molecule has 2 aromatic rings. The fourth-order valence-corrected chi connectivity index (χ4v) is 1.38. The lowest BCUT2D eigenvalue weighted by atomic mass is 10.1. The molecule has 4 nitrogen and oxygen atoms in total. The molecule has 0 aliphatic carbocycles. The summed E-state index contributed by atoms with van der Waals surface area (Å²) in [5.74, 6) is 0. The highest BCUT2D eigenvalue weighted by Crippen LogP contribution is 2.16. The van der Waals surface area contributed by atoms with E-state index in [0.717, 1.165) is 17.6 Å². The van der Waals surface area contributed by atoms with Crippen LogP contribution in [0.1, 0.15) is 24.9 Å². The molecule has 0 aliphatic rings. The number of rotatable bonds is 2. The van der Waals surface area contributed by atoms with Gasteiger partial charge in [0, 0.05) is 17.8 Å². The van der Waals surface area contributed by atoms with Crippen molar-refractivity contribution in [3.63, 3.8) is 0 Å². The van der Waals surface area contributed by atoms with Gasteiger partial charge in [0.05, 0.1) is 0 Å². The molecular formula is C9H12N4. The van der Waals surface area contributed by atoms with Crippen LogP contribution in [0.3, 0.4) is 0 Å². The van der Waals surface area contributed by atoms with Gasteiger partial charge in [0.15, 0.2) is 5.65 Å². The molecule has 0 fully saturated rings. The van der Waals surface area contributed by atoms with Gasteiger partial charge in [-0.2, -0.15) is 5.10 Å². The third-order valence-corrected chi connectivity index (χ3v) is 2.17. The van der Waals surface area contributed by atoms with Crippen molar-refractivity contribution in [1.29, 1.82) is 0 Å². The zero-order chi connectivity index (χ0) is 9.26. The van der Waals surface area contributed by atoms with Gasteiger partial charge in [-0.15, -0.1) is 0 Å². The van der Waals surface area contributed by atoms with E-state index in [9.17, 15) is 0 Å². The van der Waals surface area contributed by atoms with Crippen molar-refractivity contribution in [3.05, 3.63) is 30.2 Å². The van der Waals surface area contributed by atoms with Crippen molar-refractivity contribution in [3.8, 4) is 0 Å². The second-order valence-corrected chi connectivity index (χ2v) is 3.01. The molecule has 2 rings (SSSR count). The second-order valence-electron chi connectivity index (χ2n) is 3.01. The molecule has 0 aliphatic heterocycles. The maximum atomic E-state index is 5.94. The van der Waals surface area contributed by atoms with Crippen LogP contribution < -0.4 is 5.73 Å². The lowest BCUT2D eigenvalue weighted by Crippen LogP contribution is -2.10. The molecule has 2 N–H and O–H groups in total. The molecule has 4 heteroatoms. The Morgan fingerprint density at radius 3 is 3.23 bits per heavy atom. The first-order valence-electron chi connectivity index (χ1n) is 4.36. The summed E-state index contributed by atoms with van der Waals surface area (Å²) in [6.07, 6.45) is 4.32. The summed E-state index contributed by atoms with van der Waals surface area (Å²) in [6, 6.07) is 3.98. The van der Waals surface area contributed by atoms with Gasteiger partial charge in [-0.25, -0.2) is 9.50 Å². The van der Waals surface area contributed by atoms with E-state index in [2.05, 4.69) is 17.0 Å². The van der Waals surface area contributed by atoms with Crippen LogP contribution in [-0.2, 0) is 0 Å². The van der Waals surface area contributed by atoms with Crippen molar-refractivity contribution in [2.45, 2.75) is 19.4 Å². The summed E-state index contributed by atoms with van der Waals surface area (Å²) in [5.41, 5.74) is 7.85. The Kier molecular flexibility index (Phi) is 1.98. The molecule has 0 saturated heterocycles. The third kappa shape index (κ3) is 1.29. The van der Waals surface area contributed by atoms with Crippen LogP contribution in [0, 0.1) is 0 Å². The summed E-state index contributed by atoms with van der Waals surface area (Å²) in [6.45, 7) is 2.06. The highest BCUT2D eigenvalue weighted by Gasteiger charge is 2.08. The quantitative estimate of drug-likeness (QED) is 0.746. The summed E-state index contributed by atoms with van der Waals surface area (Å²) < 4.78 is 1.74. The van der Waals surface area contributed by atoms with E-state index in [1.165, 1.54) is 0 Å². The lowest BCUT2D eigenvalue weighted by molar-refractivity contribution is 0.697. The highest BCUT2D eigenvalue weighted by molar-refractivity contribution is 5.47. The first kappa shape index (κ1) is 8.19. The van der Waals surface area contributed by atoms with E-state index in [1.54, 1.807) is 10.8 Å². The van der Waals surface area contributed by atoms with E-state index >= 15 is 0 Å². The van der Waals surface area contributed by atoms with Gasteiger partial charge in [-0.3, -0.25) is 0 Å². The summed E-state index contributed by atoms with van der Waals surface area (Å²) in [4.78, 5) is 4.16. The number of fused-ring (bicyclic) bond motifs is 1. The first-order chi connectivity index (χ1) is 6.33. The van der Waals surface area contributed by atoms with Gasteiger partial charge >= 0.3 is 0 Å². The molecule has 1 unspecified atom stereocenters. The molecule has 2 heterocycles. The third-order valence-electron chi connectivity index (χ3n) is 2.17. The van der Waals surface area contributed by atoms with E-state index in [-0.39, 0.29) is 6.04 Å². The Morgan fingerprint density at radius 1 is 1.62 bits per heavy atom. The van der Waals surface area contributed by atoms with E-state index in [0.29, 0.717) is 0 Å². The number of hydrogen-bond donors (Lipinski definition) is 1. The van der Waals surface area contributed by atoms with Crippen molar-refractivity contribution in [1.82, 2.24) is 14.6 Å². The average Bonchev–Trinajstić information content (AvgIpc) is 2.63. The molecule has 13 heavy (non-hydrogen) atoms. The van der Waals surface area contributed by atoms with Crippen LogP contribution >= 0.6 is 0 Å². The molecule has 0 saturated carbocycles. The average molecular weight is 176 g/mol. The van der Waals surface area contributed by atoms with Crippen molar-refractivity contribution in [2.75, 3.05) is 0 Å². The van der Waals surface area contributed by atoms with Gasteiger partial charge in [-0.1, -0.05) is 13.0 Å². The van der Waals surface area contributed by atoms with E-state index in [4.69, 9.17) is 5.73 Å². The summed E-state index contributed by atoms with van der Waals surface area (Å²) in [7, 11) is 0. The Hall–Kier alpha value is -1.42. The van der Waals surface area contributed by atoms with E-state index in [1.807, 2.05) is 18.3 Å². The molecule has 0 amide bonds. The minimum Gasteiger partial charge on any atom is -0.324 e. The van der Waals surface area contributed by atoms with Crippen LogP contribution in [0.25, 0.3) is 5.65 Å². The Bertz CT molecular complexity index is 407. The monoisotopic (exact) mass is 176 g/mol. The maximum Gasteiger partial charge on any atom is 0.159 e. The predicted octanol–water partition coefficient (Wildman–Crippen LogP) is 1.14. The zero-order valence-corrected chi connectivity index (χ0v) is 7.51. The molecule has 68 valence electrons. The molecule has 2 aromatic heterocycles. The minimum absolute atomic E-state index is 0.0490. The molecule has 0 aromatic carbocycles. The van der Waals surface area contributed by atoms with Gasteiger partial charge in [0.25, 0.3) is 0 Å². The second kappa shape index (κ2) is 3.14. The van der Waals surface area contributed by atoms with Crippen LogP contribution in [0.4, 0.5) is 0 Å². The van der Waals surface area contributed by atoms with Crippen LogP contribution in [0.2, 0.25) is 0 Å². The highest BCUT2D eigenvalue weighted by atomic mass is 15.3. The van der Waals surface area contributed by atoms with Crippen molar-refractivity contribution >= 4 is 5.65 Å². The predicted molar refractivity (Wildman–Crippen MR) is 50.2 cm³/mol. The minimum atomic E-state index is 0.0490. The molecule has 0 bridgehead atoms.